The van der Waals surface area contributed by atoms with Crippen molar-refractivity contribution in [2.75, 3.05) is 6.79 Å². The molecule has 4 bridgehead atoms. The second-order valence-electron chi connectivity index (χ2n) is 8.91. The van der Waals surface area contributed by atoms with Crippen molar-refractivity contribution >= 4 is 11.9 Å². The molecule has 0 saturated heterocycles. The molecular weight excluding hydrogens is 346 g/mol. The Bertz CT molecular complexity index is 753. The summed E-state index contributed by atoms with van der Waals surface area (Å²) in [6.07, 6.45) is 6.38. The predicted molar refractivity (Wildman–Crippen MR) is 93.7 cm³/mol. The first-order valence-corrected chi connectivity index (χ1v) is 9.91. The third-order valence-corrected chi connectivity index (χ3v) is 7.00. The first kappa shape index (κ1) is 16.9. The van der Waals surface area contributed by atoms with Crippen LogP contribution in [0, 0.1) is 23.2 Å². The Hall–Kier alpha value is -2.24. The number of hydrogen-bond acceptors (Lipinski definition) is 5. The molecule has 0 unspecified atom stereocenters. The molecule has 1 atom stereocenters. The van der Waals surface area contributed by atoms with E-state index in [-0.39, 0.29) is 24.5 Å². The molecule has 0 radical (unpaired) electrons. The van der Waals surface area contributed by atoms with E-state index in [9.17, 15) is 14.7 Å². The lowest BCUT2D eigenvalue weighted by Gasteiger charge is -2.55. The molecule has 4 saturated carbocycles. The van der Waals surface area contributed by atoms with Gasteiger partial charge in [0.2, 0.25) is 12.7 Å². The second kappa shape index (κ2) is 6.14. The summed E-state index contributed by atoms with van der Waals surface area (Å²) in [7, 11) is 0. The Morgan fingerprint density at radius 1 is 1.07 bits per heavy atom. The summed E-state index contributed by atoms with van der Waals surface area (Å²) in [6, 6.07) is 4.69. The highest BCUT2D eigenvalue weighted by molar-refractivity contribution is 5.84. The van der Waals surface area contributed by atoms with Crippen molar-refractivity contribution in [1.29, 1.82) is 0 Å². The van der Waals surface area contributed by atoms with Crippen LogP contribution in [0.2, 0.25) is 0 Å². The van der Waals surface area contributed by atoms with E-state index in [1.165, 1.54) is 19.3 Å². The Morgan fingerprint density at radius 3 is 2.33 bits per heavy atom. The largest absolute Gasteiger partial charge is 0.550 e. The Morgan fingerprint density at radius 2 is 1.70 bits per heavy atom. The summed E-state index contributed by atoms with van der Waals surface area (Å²) in [6.45, 7) is 0.156. The van der Waals surface area contributed by atoms with Crippen molar-refractivity contribution in [2.24, 2.45) is 23.2 Å². The quantitative estimate of drug-likeness (QED) is 0.856. The summed E-state index contributed by atoms with van der Waals surface area (Å²) in [5.74, 6) is 2.04. The molecule has 1 aromatic carbocycles. The van der Waals surface area contributed by atoms with E-state index < -0.39 is 12.0 Å². The minimum Gasteiger partial charge on any atom is -0.550 e. The molecule has 1 amide bonds. The van der Waals surface area contributed by atoms with E-state index >= 15 is 0 Å². The van der Waals surface area contributed by atoms with Crippen LogP contribution in [0.4, 0.5) is 0 Å². The number of fused-ring (bicyclic) bond motifs is 1. The standard InChI is InChI=1S/C21H25NO5/c23-19(24)7-16(15-1-2-17-18(6-15)27-11-26-17)22-20(25)21-8-12-3-13(9-21)5-14(4-12)10-21/h1-2,6,12-14,16H,3-5,7-11H2,(H,22,25)(H,23,24)/p-1/t12?,13?,14?,16-,21?/m1/s1. The van der Waals surface area contributed by atoms with Crippen LogP contribution in [0.1, 0.15) is 56.6 Å². The lowest BCUT2D eigenvalue weighted by atomic mass is 9.49. The number of aliphatic carboxylic acids is 1. The van der Waals surface area contributed by atoms with Gasteiger partial charge in [0.15, 0.2) is 11.5 Å². The monoisotopic (exact) mass is 370 g/mol. The average molecular weight is 370 g/mol. The number of carbonyl (C=O) groups excluding carboxylic acids is 2. The van der Waals surface area contributed by atoms with Gasteiger partial charge in [0.1, 0.15) is 0 Å². The number of rotatable bonds is 5. The van der Waals surface area contributed by atoms with Crippen molar-refractivity contribution < 1.29 is 24.2 Å². The zero-order chi connectivity index (χ0) is 18.6. The fourth-order valence-electron chi connectivity index (χ4n) is 6.25. The fraction of sp³-hybridized carbons (Fsp3) is 0.619. The van der Waals surface area contributed by atoms with E-state index in [0.29, 0.717) is 34.8 Å². The Labute approximate surface area is 158 Å². The van der Waals surface area contributed by atoms with Crippen LogP contribution >= 0.6 is 0 Å². The zero-order valence-electron chi connectivity index (χ0n) is 15.2. The lowest BCUT2D eigenvalue weighted by molar-refractivity contribution is -0.306. The molecule has 6 nitrogen and oxygen atoms in total. The van der Waals surface area contributed by atoms with Crippen LogP contribution in [-0.4, -0.2) is 18.7 Å². The van der Waals surface area contributed by atoms with E-state index in [1.807, 2.05) is 0 Å². The minimum atomic E-state index is -1.18. The van der Waals surface area contributed by atoms with Gasteiger partial charge in [0, 0.05) is 17.8 Å². The van der Waals surface area contributed by atoms with Crippen LogP contribution in [0.25, 0.3) is 0 Å². The normalized spacial score (nSPS) is 33.7. The van der Waals surface area contributed by atoms with E-state index in [1.54, 1.807) is 18.2 Å². The van der Waals surface area contributed by atoms with Gasteiger partial charge in [-0.05, 0) is 74.0 Å². The second-order valence-corrected chi connectivity index (χ2v) is 8.91. The molecule has 1 heterocycles. The summed E-state index contributed by atoms with van der Waals surface area (Å²) in [4.78, 5) is 24.6. The van der Waals surface area contributed by atoms with Gasteiger partial charge < -0.3 is 24.7 Å². The SMILES string of the molecule is O=C([O-])C[C@@H](NC(=O)C12CC3CC(CC(C3)C1)C2)c1ccc2c(c1)OCO2. The molecule has 144 valence electrons. The van der Waals surface area contributed by atoms with Crippen molar-refractivity contribution in [3.8, 4) is 11.5 Å². The lowest BCUT2D eigenvalue weighted by Crippen LogP contribution is -2.54. The molecule has 1 aromatic rings. The van der Waals surface area contributed by atoms with Crippen molar-refractivity contribution in [1.82, 2.24) is 5.32 Å². The molecular formula is C21H24NO5-. The molecule has 27 heavy (non-hydrogen) atoms. The van der Waals surface area contributed by atoms with Crippen molar-refractivity contribution in [3.05, 3.63) is 23.8 Å². The van der Waals surface area contributed by atoms with Crippen molar-refractivity contribution in [3.63, 3.8) is 0 Å². The van der Waals surface area contributed by atoms with Crippen LogP contribution in [0.5, 0.6) is 11.5 Å². The van der Waals surface area contributed by atoms with E-state index in [0.717, 1.165) is 19.3 Å². The molecule has 6 rings (SSSR count). The first-order chi connectivity index (χ1) is 13.0. The van der Waals surface area contributed by atoms with Gasteiger partial charge in [0.05, 0.1) is 6.04 Å². The number of ether oxygens (including phenoxy) is 2. The van der Waals surface area contributed by atoms with Crippen LogP contribution < -0.4 is 19.9 Å². The molecule has 1 aliphatic heterocycles. The number of benzene rings is 1. The third-order valence-electron chi connectivity index (χ3n) is 7.00. The number of nitrogens with one attached hydrogen (secondary N) is 1. The molecule has 1 N–H and O–H groups in total. The van der Waals surface area contributed by atoms with Gasteiger partial charge in [-0.2, -0.15) is 0 Å². The molecule has 6 heteroatoms. The van der Waals surface area contributed by atoms with E-state index in [4.69, 9.17) is 9.47 Å². The number of carboxylic acid groups (broad SMARTS) is 1. The smallest absolute Gasteiger partial charge is 0.231 e. The molecule has 4 aliphatic carbocycles. The maximum Gasteiger partial charge on any atom is 0.231 e. The summed E-state index contributed by atoms with van der Waals surface area (Å²) in [5.41, 5.74) is 0.400. The summed E-state index contributed by atoms with van der Waals surface area (Å²) in [5, 5.41) is 14.4. The van der Waals surface area contributed by atoms with Gasteiger partial charge in [-0.15, -0.1) is 0 Å². The van der Waals surface area contributed by atoms with Gasteiger partial charge in [0.25, 0.3) is 0 Å². The summed E-state index contributed by atoms with van der Waals surface area (Å²) < 4.78 is 10.7. The highest BCUT2D eigenvalue weighted by Crippen LogP contribution is 2.60. The van der Waals surface area contributed by atoms with Crippen molar-refractivity contribution in [2.45, 2.75) is 51.0 Å². The number of hydrogen-bond donors (Lipinski definition) is 1. The molecule has 0 spiro atoms. The Kier molecular flexibility index (Phi) is 3.85. The Balaban J connectivity index is 1.39. The molecule has 0 aromatic heterocycles. The fourth-order valence-corrected chi connectivity index (χ4v) is 6.25. The molecule has 4 fully saturated rings. The highest BCUT2D eigenvalue weighted by Gasteiger charge is 2.54. The van der Waals surface area contributed by atoms with Gasteiger partial charge in [-0.3, -0.25) is 4.79 Å². The van der Waals surface area contributed by atoms with Gasteiger partial charge in [-0.25, -0.2) is 0 Å². The first-order valence-electron chi connectivity index (χ1n) is 9.91. The number of carboxylic acids is 1. The zero-order valence-corrected chi connectivity index (χ0v) is 15.2. The number of amides is 1. The topological polar surface area (TPSA) is 87.7 Å². The molecule has 5 aliphatic rings. The summed E-state index contributed by atoms with van der Waals surface area (Å²) >= 11 is 0. The number of carbonyl (C=O) groups is 2. The predicted octanol–water partition coefficient (Wildman–Crippen LogP) is 1.93. The van der Waals surface area contributed by atoms with Crippen LogP contribution in [0.3, 0.4) is 0 Å². The van der Waals surface area contributed by atoms with Gasteiger partial charge >= 0.3 is 0 Å². The van der Waals surface area contributed by atoms with Crippen LogP contribution in [0.15, 0.2) is 18.2 Å². The maximum absolute atomic E-state index is 13.3. The highest BCUT2D eigenvalue weighted by atomic mass is 16.7. The van der Waals surface area contributed by atoms with Crippen LogP contribution in [-0.2, 0) is 9.59 Å². The average Bonchev–Trinajstić information content (AvgIpc) is 3.07. The van der Waals surface area contributed by atoms with Gasteiger partial charge in [-0.1, -0.05) is 6.07 Å². The minimum absolute atomic E-state index is 0.0190. The maximum atomic E-state index is 13.3. The van der Waals surface area contributed by atoms with E-state index in [2.05, 4.69) is 5.32 Å². The third kappa shape index (κ3) is 2.95.